The van der Waals surface area contributed by atoms with Crippen molar-refractivity contribution in [2.75, 3.05) is 0 Å². The molecule has 0 aliphatic carbocycles. The van der Waals surface area contributed by atoms with Crippen LogP contribution in [0.1, 0.15) is 5.56 Å². The quantitative estimate of drug-likeness (QED) is 0.495. The lowest BCUT2D eigenvalue weighted by Crippen LogP contribution is -1.73. The van der Waals surface area contributed by atoms with Gasteiger partial charge in [-0.1, -0.05) is 45.4 Å². The van der Waals surface area contributed by atoms with Crippen LogP contribution in [-0.2, 0) is 0 Å². The summed E-state index contributed by atoms with van der Waals surface area (Å²) in [5.74, 6) is 0. The van der Waals surface area contributed by atoms with Crippen molar-refractivity contribution in [1.82, 2.24) is 0 Å². The van der Waals surface area contributed by atoms with Crippen molar-refractivity contribution in [2.24, 2.45) is 0 Å². The number of halogens is 2. The van der Waals surface area contributed by atoms with E-state index >= 15 is 0 Å². The van der Waals surface area contributed by atoms with Gasteiger partial charge in [0.2, 0.25) is 0 Å². The summed E-state index contributed by atoms with van der Waals surface area (Å²) in [4.78, 5) is 1.17. The highest BCUT2D eigenvalue weighted by Crippen LogP contribution is 2.41. The van der Waals surface area contributed by atoms with Crippen LogP contribution < -0.4 is 0 Å². The fraction of sp³-hybridized carbons (Fsp3) is 0.0667. The molecule has 3 rings (SSSR count). The van der Waals surface area contributed by atoms with Gasteiger partial charge in [-0.2, -0.15) is 0 Å². The van der Waals surface area contributed by atoms with Gasteiger partial charge in [-0.25, -0.2) is 0 Å². The van der Waals surface area contributed by atoms with Gasteiger partial charge in [0.1, 0.15) is 5.58 Å². The molecule has 0 bridgehead atoms. The fourth-order valence-corrected chi connectivity index (χ4v) is 3.61. The van der Waals surface area contributed by atoms with Crippen molar-refractivity contribution in [3.8, 4) is 0 Å². The fourth-order valence-electron chi connectivity index (χ4n) is 1.80. The third-order valence-corrected chi connectivity index (χ3v) is 5.32. The molecule has 0 saturated carbocycles. The lowest BCUT2D eigenvalue weighted by Gasteiger charge is -1.99. The molecule has 0 spiro atoms. The van der Waals surface area contributed by atoms with E-state index in [0.717, 1.165) is 25.0 Å². The summed E-state index contributed by atoms with van der Waals surface area (Å²) in [6, 6.07) is 14.4. The lowest BCUT2D eigenvalue weighted by atomic mass is 10.2. The van der Waals surface area contributed by atoms with E-state index in [9.17, 15) is 0 Å². The van der Waals surface area contributed by atoms with Crippen molar-refractivity contribution in [3.05, 3.63) is 57.0 Å². The molecule has 1 aromatic heterocycles. The van der Waals surface area contributed by atoms with Crippen LogP contribution in [0, 0.1) is 6.92 Å². The molecule has 0 atom stereocenters. The smallest absolute Gasteiger partial charge is 0.180 e. The molecule has 4 heteroatoms. The number of fused-ring (bicyclic) bond motifs is 1. The van der Waals surface area contributed by atoms with Crippen LogP contribution in [0.15, 0.2) is 65.8 Å². The number of hydrogen-bond donors (Lipinski definition) is 0. The van der Waals surface area contributed by atoms with Crippen LogP contribution in [0.2, 0.25) is 0 Å². The van der Waals surface area contributed by atoms with Crippen molar-refractivity contribution < 1.29 is 4.42 Å². The summed E-state index contributed by atoms with van der Waals surface area (Å²) < 4.78 is 7.94. The van der Waals surface area contributed by atoms with Crippen molar-refractivity contribution in [3.63, 3.8) is 0 Å². The van der Waals surface area contributed by atoms with Crippen LogP contribution in [0.5, 0.6) is 0 Å². The number of aryl methyl sites for hydroxylation is 1. The molecule has 0 aliphatic heterocycles. The molecule has 1 heterocycles. The second-order valence-corrected chi connectivity index (χ2v) is 7.01. The van der Waals surface area contributed by atoms with E-state index in [-0.39, 0.29) is 0 Å². The van der Waals surface area contributed by atoms with Gasteiger partial charge in [0.25, 0.3) is 0 Å². The Morgan fingerprint density at radius 2 is 1.74 bits per heavy atom. The first-order chi connectivity index (χ1) is 9.13. The minimum atomic E-state index is 0.886. The summed E-state index contributed by atoms with van der Waals surface area (Å²) in [7, 11) is 0. The first-order valence-electron chi connectivity index (χ1n) is 5.75. The van der Waals surface area contributed by atoms with Gasteiger partial charge in [0.15, 0.2) is 5.09 Å². The average Bonchev–Trinajstić information content (AvgIpc) is 2.70. The summed E-state index contributed by atoms with van der Waals surface area (Å²) in [5, 5.41) is 1.97. The van der Waals surface area contributed by atoms with Crippen LogP contribution in [0.25, 0.3) is 11.0 Å². The largest absolute Gasteiger partial charge is 0.448 e. The first kappa shape index (κ1) is 13.3. The van der Waals surface area contributed by atoms with Gasteiger partial charge in [0.05, 0.1) is 4.47 Å². The molecular formula is C15H10Br2OS. The third-order valence-electron chi connectivity index (χ3n) is 2.79. The Morgan fingerprint density at radius 3 is 2.47 bits per heavy atom. The Balaban J connectivity index is 2.01. The van der Waals surface area contributed by atoms with Crippen LogP contribution in [0.3, 0.4) is 0 Å². The van der Waals surface area contributed by atoms with Crippen molar-refractivity contribution in [1.29, 1.82) is 0 Å². The van der Waals surface area contributed by atoms with Crippen molar-refractivity contribution in [2.45, 2.75) is 16.9 Å². The zero-order chi connectivity index (χ0) is 13.4. The van der Waals surface area contributed by atoms with Gasteiger partial charge < -0.3 is 4.42 Å². The molecule has 0 amide bonds. The SMILES string of the molecule is Cc1ccc(Sc2oc3ccc(Br)cc3c2Br)cc1. The molecule has 2 aromatic carbocycles. The van der Waals surface area contributed by atoms with E-state index in [1.165, 1.54) is 10.5 Å². The Labute approximate surface area is 132 Å². The second kappa shape index (κ2) is 5.35. The highest BCUT2D eigenvalue weighted by atomic mass is 79.9. The first-order valence-corrected chi connectivity index (χ1v) is 8.16. The van der Waals surface area contributed by atoms with Gasteiger partial charge >= 0.3 is 0 Å². The highest BCUT2D eigenvalue weighted by molar-refractivity contribution is 9.11. The Bertz CT molecular complexity index is 732. The van der Waals surface area contributed by atoms with E-state index in [4.69, 9.17) is 4.42 Å². The molecule has 0 unspecified atom stereocenters. The normalized spacial score (nSPS) is 11.1. The summed E-state index contributed by atoms with van der Waals surface area (Å²) >= 11 is 8.73. The van der Waals surface area contributed by atoms with Gasteiger partial charge in [-0.05, 0) is 53.2 Å². The predicted octanol–water partition coefficient (Wildman–Crippen LogP) is 6.42. The summed E-state index contributed by atoms with van der Waals surface area (Å²) in [5.41, 5.74) is 2.15. The molecule has 0 radical (unpaired) electrons. The molecule has 3 aromatic rings. The molecule has 0 aliphatic rings. The van der Waals surface area contributed by atoms with Gasteiger partial charge in [-0.15, -0.1) is 0 Å². The lowest BCUT2D eigenvalue weighted by molar-refractivity contribution is 0.511. The summed E-state index contributed by atoms with van der Waals surface area (Å²) in [6.07, 6.45) is 0. The number of furan rings is 1. The van der Waals surface area contributed by atoms with Crippen molar-refractivity contribution >= 4 is 54.6 Å². The molecule has 1 nitrogen and oxygen atoms in total. The topological polar surface area (TPSA) is 13.1 Å². The molecule has 19 heavy (non-hydrogen) atoms. The number of rotatable bonds is 2. The Hall–Kier alpha value is -0.710. The minimum absolute atomic E-state index is 0.886. The zero-order valence-corrected chi connectivity index (χ0v) is 14.1. The predicted molar refractivity (Wildman–Crippen MR) is 86.9 cm³/mol. The maximum Gasteiger partial charge on any atom is 0.180 e. The monoisotopic (exact) mass is 396 g/mol. The second-order valence-electron chi connectivity index (χ2n) is 4.26. The maximum atomic E-state index is 5.88. The summed E-state index contributed by atoms with van der Waals surface area (Å²) in [6.45, 7) is 2.09. The minimum Gasteiger partial charge on any atom is -0.448 e. The van der Waals surface area contributed by atoms with E-state index in [0.29, 0.717) is 0 Å². The molecule has 96 valence electrons. The highest BCUT2D eigenvalue weighted by Gasteiger charge is 2.13. The van der Waals surface area contributed by atoms with Crippen LogP contribution in [0.4, 0.5) is 0 Å². The van der Waals surface area contributed by atoms with E-state index in [1.807, 2.05) is 12.1 Å². The Kier molecular flexibility index (Phi) is 3.74. The van der Waals surface area contributed by atoms with Crippen LogP contribution >= 0.6 is 43.6 Å². The molecular weight excluding hydrogens is 388 g/mol. The standard InChI is InChI=1S/C15H10Br2OS/c1-9-2-5-11(6-3-9)19-15-14(17)12-8-10(16)4-7-13(12)18-15/h2-8H,1H3. The number of benzene rings is 2. The Morgan fingerprint density at radius 1 is 1.00 bits per heavy atom. The average molecular weight is 398 g/mol. The maximum absolute atomic E-state index is 5.88. The van der Waals surface area contributed by atoms with E-state index in [2.05, 4.69) is 69.1 Å². The van der Waals surface area contributed by atoms with Crippen LogP contribution in [-0.4, -0.2) is 0 Å². The third kappa shape index (κ3) is 2.76. The molecule has 0 N–H and O–H groups in total. The number of hydrogen-bond acceptors (Lipinski definition) is 2. The molecule has 0 fully saturated rings. The zero-order valence-electron chi connectivity index (χ0n) is 10.1. The van der Waals surface area contributed by atoms with Gasteiger partial charge in [-0.3, -0.25) is 0 Å². The van der Waals surface area contributed by atoms with E-state index < -0.39 is 0 Å². The molecule has 0 saturated heterocycles. The van der Waals surface area contributed by atoms with Gasteiger partial charge in [0, 0.05) is 14.8 Å². The van der Waals surface area contributed by atoms with E-state index in [1.54, 1.807) is 11.8 Å².